The van der Waals surface area contributed by atoms with E-state index in [0.29, 0.717) is 0 Å². The Bertz CT molecular complexity index is 675. The smallest absolute Gasteiger partial charge is 0.257 e. The number of carbonyl (C=O) groups is 1. The van der Waals surface area contributed by atoms with E-state index in [1.165, 1.54) is 12.3 Å². The molecule has 1 heterocycles. The highest BCUT2D eigenvalue weighted by Crippen LogP contribution is 2.21. The third-order valence-electron chi connectivity index (χ3n) is 3.41. The van der Waals surface area contributed by atoms with Gasteiger partial charge in [-0.25, -0.2) is 0 Å². The third-order valence-corrected chi connectivity index (χ3v) is 3.41. The standard InChI is InChI=1S/C17H20N2O2/c1-11(2)16(13-7-5-4-6-8-13)19-17(21)14-10-18-12(3)9-15(14)20/h4-11,16H,1-3H3,(H,18,20)(H,19,21). The zero-order valence-corrected chi connectivity index (χ0v) is 12.5. The Labute approximate surface area is 124 Å². The SMILES string of the molecule is Cc1cc(=O)c(C(=O)NC(c2ccccc2)C(C)C)c[nH]1. The molecule has 1 aromatic carbocycles. The molecule has 110 valence electrons. The predicted octanol–water partition coefficient (Wildman–Crippen LogP) is 2.81. The van der Waals surface area contributed by atoms with Crippen molar-refractivity contribution in [3.8, 4) is 0 Å². The molecule has 0 spiro atoms. The molecular weight excluding hydrogens is 264 g/mol. The average molecular weight is 284 g/mol. The van der Waals surface area contributed by atoms with Gasteiger partial charge in [-0.3, -0.25) is 9.59 Å². The first-order chi connectivity index (χ1) is 9.99. The summed E-state index contributed by atoms with van der Waals surface area (Å²) in [7, 11) is 0. The Morgan fingerprint density at radius 1 is 1.19 bits per heavy atom. The van der Waals surface area contributed by atoms with Crippen LogP contribution in [0.2, 0.25) is 0 Å². The van der Waals surface area contributed by atoms with Crippen molar-refractivity contribution in [2.75, 3.05) is 0 Å². The number of H-pyrrole nitrogens is 1. The van der Waals surface area contributed by atoms with Gasteiger partial charge in [0.25, 0.3) is 5.91 Å². The molecule has 1 amide bonds. The first kappa shape index (κ1) is 15.0. The lowest BCUT2D eigenvalue weighted by Gasteiger charge is -2.22. The molecule has 1 unspecified atom stereocenters. The van der Waals surface area contributed by atoms with Gasteiger partial charge in [-0.05, 0) is 18.4 Å². The zero-order chi connectivity index (χ0) is 15.4. The topological polar surface area (TPSA) is 62.0 Å². The predicted molar refractivity (Wildman–Crippen MR) is 83.3 cm³/mol. The lowest BCUT2D eigenvalue weighted by Crippen LogP contribution is -2.34. The average Bonchev–Trinajstić information content (AvgIpc) is 2.45. The molecule has 1 aromatic heterocycles. The van der Waals surface area contributed by atoms with Crippen LogP contribution >= 0.6 is 0 Å². The van der Waals surface area contributed by atoms with Crippen molar-refractivity contribution in [3.05, 3.63) is 69.6 Å². The summed E-state index contributed by atoms with van der Waals surface area (Å²) in [6.45, 7) is 5.86. The van der Waals surface area contributed by atoms with Crippen LogP contribution in [0.5, 0.6) is 0 Å². The van der Waals surface area contributed by atoms with E-state index in [1.54, 1.807) is 6.92 Å². The molecule has 0 bridgehead atoms. The van der Waals surface area contributed by atoms with Crippen LogP contribution in [0.3, 0.4) is 0 Å². The molecule has 21 heavy (non-hydrogen) atoms. The molecule has 0 aliphatic rings. The molecule has 0 aliphatic heterocycles. The Hall–Kier alpha value is -2.36. The molecule has 0 aliphatic carbocycles. The summed E-state index contributed by atoms with van der Waals surface area (Å²) >= 11 is 0. The minimum atomic E-state index is -0.348. The summed E-state index contributed by atoms with van der Waals surface area (Å²) in [4.78, 5) is 27.1. The van der Waals surface area contributed by atoms with E-state index in [0.717, 1.165) is 11.3 Å². The third kappa shape index (κ3) is 3.60. The Balaban J connectivity index is 2.25. The van der Waals surface area contributed by atoms with Gasteiger partial charge < -0.3 is 10.3 Å². The number of hydrogen-bond donors (Lipinski definition) is 2. The second-order valence-electron chi connectivity index (χ2n) is 5.50. The summed E-state index contributed by atoms with van der Waals surface area (Å²) in [6, 6.07) is 11.1. The fourth-order valence-corrected chi connectivity index (χ4v) is 2.26. The molecule has 2 N–H and O–H groups in total. The maximum absolute atomic E-state index is 12.3. The van der Waals surface area contributed by atoms with Crippen molar-refractivity contribution in [1.29, 1.82) is 0 Å². The van der Waals surface area contributed by atoms with Crippen LogP contribution in [0.4, 0.5) is 0 Å². The van der Waals surface area contributed by atoms with E-state index in [1.807, 2.05) is 44.2 Å². The number of carbonyl (C=O) groups excluding carboxylic acids is 1. The number of nitrogens with one attached hydrogen (secondary N) is 2. The summed E-state index contributed by atoms with van der Waals surface area (Å²) < 4.78 is 0. The van der Waals surface area contributed by atoms with Crippen LogP contribution in [0.1, 0.15) is 41.5 Å². The normalized spacial score (nSPS) is 12.2. The highest BCUT2D eigenvalue weighted by Gasteiger charge is 2.20. The fraction of sp³-hybridized carbons (Fsp3) is 0.294. The molecule has 4 heteroatoms. The number of hydrogen-bond acceptors (Lipinski definition) is 2. The van der Waals surface area contributed by atoms with Crippen molar-refractivity contribution in [1.82, 2.24) is 10.3 Å². The van der Waals surface area contributed by atoms with E-state index >= 15 is 0 Å². The molecular formula is C17H20N2O2. The highest BCUT2D eigenvalue weighted by molar-refractivity contribution is 5.94. The fourth-order valence-electron chi connectivity index (χ4n) is 2.26. The van der Waals surface area contributed by atoms with Crippen LogP contribution in [0, 0.1) is 12.8 Å². The molecule has 4 nitrogen and oxygen atoms in total. The molecule has 0 radical (unpaired) electrons. The minimum absolute atomic E-state index is 0.126. The van der Waals surface area contributed by atoms with E-state index in [-0.39, 0.29) is 28.9 Å². The largest absolute Gasteiger partial charge is 0.364 e. The van der Waals surface area contributed by atoms with Crippen LogP contribution < -0.4 is 10.7 Å². The van der Waals surface area contributed by atoms with E-state index in [2.05, 4.69) is 10.3 Å². The number of rotatable bonds is 4. The van der Waals surface area contributed by atoms with Crippen molar-refractivity contribution in [2.24, 2.45) is 5.92 Å². The van der Waals surface area contributed by atoms with E-state index in [9.17, 15) is 9.59 Å². The van der Waals surface area contributed by atoms with Crippen LogP contribution in [0.15, 0.2) is 47.4 Å². The maximum atomic E-state index is 12.3. The van der Waals surface area contributed by atoms with Gasteiger partial charge in [-0.2, -0.15) is 0 Å². The number of aromatic nitrogens is 1. The number of pyridine rings is 1. The molecule has 2 aromatic rings. The van der Waals surface area contributed by atoms with Crippen molar-refractivity contribution in [2.45, 2.75) is 26.8 Å². The monoisotopic (exact) mass is 284 g/mol. The summed E-state index contributed by atoms with van der Waals surface area (Å²) in [5.41, 5.74) is 1.64. The van der Waals surface area contributed by atoms with Gasteiger partial charge in [0.2, 0.25) is 0 Å². The van der Waals surface area contributed by atoms with Gasteiger partial charge in [0, 0.05) is 18.0 Å². The first-order valence-electron chi connectivity index (χ1n) is 7.04. The molecule has 0 saturated heterocycles. The Morgan fingerprint density at radius 3 is 2.43 bits per heavy atom. The first-order valence-corrected chi connectivity index (χ1v) is 7.04. The van der Waals surface area contributed by atoms with Crippen LogP contribution in [-0.4, -0.2) is 10.9 Å². The summed E-state index contributed by atoms with van der Waals surface area (Å²) in [5.74, 6) is -0.125. The number of benzene rings is 1. The molecule has 0 saturated carbocycles. The summed E-state index contributed by atoms with van der Waals surface area (Å²) in [5, 5.41) is 2.95. The van der Waals surface area contributed by atoms with Gasteiger partial charge in [0.05, 0.1) is 6.04 Å². The lowest BCUT2D eigenvalue weighted by molar-refractivity contribution is 0.0924. The molecule has 1 atom stereocenters. The number of amides is 1. The zero-order valence-electron chi connectivity index (χ0n) is 12.5. The summed E-state index contributed by atoms with van der Waals surface area (Å²) in [6.07, 6.45) is 1.47. The second kappa shape index (κ2) is 6.39. The number of aromatic amines is 1. The van der Waals surface area contributed by atoms with E-state index in [4.69, 9.17) is 0 Å². The number of aryl methyl sites for hydroxylation is 1. The second-order valence-corrected chi connectivity index (χ2v) is 5.50. The van der Waals surface area contributed by atoms with Crippen LogP contribution in [-0.2, 0) is 0 Å². The molecule has 2 rings (SSSR count). The van der Waals surface area contributed by atoms with Crippen molar-refractivity contribution < 1.29 is 4.79 Å². The highest BCUT2D eigenvalue weighted by atomic mass is 16.2. The quantitative estimate of drug-likeness (QED) is 0.907. The van der Waals surface area contributed by atoms with Gasteiger partial charge in [0.1, 0.15) is 5.56 Å². The Morgan fingerprint density at radius 2 is 1.86 bits per heavy atom. The van der Waals surface area contributed by atoms with Gasteiger partial charge in [0.15, 0.2) is 5.43 Å². The van der Waals surface area contributed by atoms with E-state index < -0.39 is 0 Å². The van der Waals surface area contributed by atoms with Gasteiger partial charge in [-0.1, -0.05) is 44.2 Å². The van der Waals surface area contributed by atoms with Gasteiger partial charge in [-0.15, -0.1) is 0 Å². The van der Waals surface area contributed by atoms with Crippen LogP contribution in [0.25, 0.3) is 0 Å². The Kier molecular flexibility index (Phi) is 4.58. The van der Waals surface area contributed by atoms with Gasteiger partial charge >= 0.3 is 0 Å². The molecule has 0 fully saturated rings. The minimum Gasteiger partial charge on any atom is -0.364 e. The van der Waals surface area contributed by atoms with Crippen molar-refractivity contribution in [3.63, 3.8) is 0 Å². The van der Waals surface area contributed by atoms with Crippen molar-refractivity contribution >= 4 is 5.91 Å². The maximum Gasteiger partial charge on any atom is 0.257 e. The lowest BCUT2D eigenvalue weighted by atomic mass is 9.96.